The fourth-order valence-electron chi connectivity index (χ4n) is 2.84. The first kappa shape index (κ1) is 17.4. The van der Waals surface area contributed by atoms with Gasteiger partial charge in [0.2, 0.25) is 5.96 Å². The molecule has 0 atom stereocenters. The van der Waals surface area contributed by atoms with Gasteiger partial charge in [-0.05, 0) is 37.9 Å². The molecule has 0 aromatic carbocycles. The molecule has 3 heterocycles. The Morgan fingerprint density at radius 2 is 2.25 bits per heavy atom. The molecule has 2 saturated heterocycles. The second-order valence-electron chi connectivity index (χ2n) is 6.01. The van der Waals surface area contributed by atoms with Crippen LogP contribution in [0.1, 0.15) is 31.2 Å². The minimum absolute atomic E-state index is 0.605. The maximum Gasteiger partial charge on any atom is 0.219 e. The predicted molar refractivity (Wildman–Crippen MR) is 96.2 cm³/mol. The Labute approximate surface area is 147 Å². The van der Waals surface area contributed by atoms with E-state index < -0.39 is 0 Å². The summed E-state index contributed by atoms with van der Waals surface area (Å²) in [6, 6.07) is 0. The van der Waals surface area contributed by atoms with Crippen molar-refractivity contribution < 1.29 is 4.84 Å². The molecule has 134 valence electrons. The lowest BCUT2D eigenvalue weighted by molar-refractivity contribution is 0.0813. The third-order valence-corrected chi connectivity index (χ3v) is 4.85. The average Bonchev–Trinajstić information content (AvgIpc) is 3.24. The average molecular weight is 353 g/mol. The Morgan fingerprint density at radius 1 is 1.38 bits per heavy atom. The normalized spacial score (nSPS) is 20.5. The van der Waals surface area contributed by atoms with Crippen molar-refractivity contribution in [3.8, 4) is 0 Å². The molecular weight excluding hydrogens is 326 g/mol. The van der Waals surface area contributed by atoms with Gasteiger partial charge in [0, 0.05) is 32.1 Å². The van der Waals surface area contributed by atoms with Crippen LogP contribution in [0.25, 0.3) is 0 Å². The molecule has 0 saturated carbocycles. The van der Waals surface area contributed by atoms with Crippen LogP contribution in [0.3, 0.4) is 0 Å². The van der Waals surface area contributed by atoms with Crippen molar-refractivity contribution in [1.29, 1.82) is 0 Å². The van der Waals surface area contributed by atoms with Gasteiger partial charge in [-0.2, -0.15) is 0 Å². The number of hydrogen-bond donors (Lipinski definition) is 2. The minimum atomic E-state index is 0.605. The van der Waals surface area contributed by atoms with Gasteiger partial charge in [0.25, 0.3) is 0 Å². The summed E-state index contributed by atoms with van der Waals surface area (Å²) in [7, 11) is 1.89. The fourth-order valence-corrected chi connectivity index (χ4v) is 3.59. The van der Waals surface area contributed by atoms with E-state index in [2.05, 4.69) is 25.1 Å². The Hall–Kier alpha value is -1.45. The highest BCUT2D eigenvalue weighted by atomic mass is 32.2. The van der Waals surface area contributed by atoms with Crippen molar-refractivity contribution >= 4 is 17.9 Å². The summed E-state index contributed by atoms with van der Waals surface area (Å²) < 4.78 is 3.18. The Morgan fingerprint density at radius 3 is 3.08 bits per heavy atom. The lowest BCUT2D eigenvalue weighted by Gasteiger charge is -2.25. The molecule has 8 nitrogen and oxygen atoms in total. The summed E-state index contributed by atoms with van der Waals surface area (Å²) in [4.78, 5) is 14.2. The van der Waals surface area contributed by atoms with Gasteiger partial charge in [-0.1, -0.05) is 6.42 Å². The Bertz CT molecular complexity index is 530. The molecule has 9 heteroatoms. The highest BCUT2D eigenvalue weighted by Gasteiger charge is 2.16. The van der Waals surface area contributed by atoms with E-state index in [1.807, 2.05) is 24.5 Å². The number of rotatable bonds is 8. The van der Waals surface area contributed by atoms with Gasteiger partial charge in [0.1, 0.15) is 12.5 Å². The van der Waals surface area contributed by atoms with Crippen LogP contribution in [-0.4, -0.2) is 65.0 Å². The third-order valence-electron chi connectivity index (χ3n) is 4.14. The lowest BCUT2D eigenvalue weighted by atomic mass is 10.1. The van der Waals surface area contributed by atoms with E-state index in [1.165, 1.54) is 37.9 Å². The molecule has 0 aliphatic carbocycles. The van der Waals surface area contributed by atoms with Gasteiger partial charge < -0.3 is 4.84 Å². The van der Waals surface area contributed by atoms with Crippen LogP contribution >= 0.6 is 11.9 Å². The quantitative estimate of drug-likeness (QED) is 0.526. The van der Waals surface area contributed by atoms with E-state index in [9.17, 15) is 0 Å². The van der Waals surface area contributed by atoms with Crippen molar-refractivity contribution in [3.05, 3.63) is 18.0 Å². The minimum Gasteiger partial charge on any atom is -0.397 e. The van der Waals surface area contributed by atoms with Crippen molar-refractivity contribution in [3.63, 3.8) is 0 Å². The largest absolute Gasteiger partial charge is 0.397 e. The number of guanidine groups is 1. The summed E-state index contributed by atoms with van der Waals surface area (Å²) in [5.41, 5.74) is 4.30. The van der Waals surface area contributed by atoms with E-state index >= 15 is 0 Å². The number of likely N-dealkylation sites (tertiary alicyclic amines) is 1. The van der Waals surface area contributed by atoms with Crippen molar-refractivity contribution in [2.45, 2.75) is 32.2 Å². The monoisotopic (exact) mass is 353 g/mol. The van der Waals surface area contributed by atoms with Crippen LogP contribution in [0.5, 0.6) is 0 Å². The maximum atomic E-state index is 5.66. The molecule has 24 heavy (non-hydrogen) atoms. The number of aliphatic imine (C=N–C) groups is 1. The number of nitrogens with one attached hydrogen (secondary N) is 2. The Balaban J connectivity index is 1.34. The summed E-state index contributed by atoms with van der Waals surface area (Å²) in [5.74, 6) is 1.74. The second-order valence-corrected chi connectivity index (χ2v) is 6.76. The molecular formula is C15H27N7OS. The zero-order valence-electron chi connectivity index (χ0n) is 14.3. The number of nitrogens with zero attached hydrogens (tertiary/aromatic N) is 5. The lowest BCUT2D eigenvalue weighted by Crippen LogP contribution is -2.39. The standard InChI is InChI=1S/C15H27N7OS/c1-16-21-13-24-19-15(21)17-6-5-9-23-22-12-14(10-18-22)11-20-7-3-2-4-8-20/h10,12,16H,2-9,11,13H2,1H3,(H,17,19). The fraction of sp³-hybridized carbons (Fsp3) is 0.733. The number of hydrazine groups is 1. The maximum absolute atomic E-state index is 5.66. The molecule has 2 aliphatic heterocycles. The van der Waals surface area contributed by atoms with E-state index in [1.54, 1.807) is 16.8 Å². The van der Waals surface area contributed by atoms with E-state index in [0.29, 0.717) is 6.61 Å². The molecule has 2 N–H and O–H groups in total. The van der Waals surface area contributed by atoms with Gasteiger partial charge in [0.15, 0.2) is 0 Å². The smallest absolute Gasteiger partial charge is 0.219 e. The van der Waals surface area contributed by atoms with Crippen LogP contribution in [0.4, 0.5) is 0 Å². The number of hydrogen-bond acceptors (Lipinski definition) is 6. The highest BCUT2D eigenvalue weighted by Crippen LogP contribution is 2.12. The van der Waals surface area contributed by atoms with Crippen LogP contribution in [-0.2, 0) is 6.54 Å². The topological polar surface area (TPSA) is 70.0 Å². The molecule has 1 aromatic heterocycles. The van der Waals surface area contributed by atoms with Crippen LogP contribution in [0, 0.1) is 0 Å². The molecule has 2 fully saturated rings. The van der Waals surface area contributed by atoms with Gasteiger partial charge >= 0.3 is 0 Å². The van der Waals surface area contributed by atoms with Crippen molar-refractivity contribution in [2.24, 2.45) is 4.99 Å². The first-order valence-electron chi connectivity index (χ1n) is 8.61. The summed E-state index contributed by atoms with van der Waals surface area (Å²) in [5, 5.41) is 6.26. The third kappa shape index (κ3) is 5.02. The molecule has 0 radical (unpaired) electrons. The molecule has 0 spiro atoms. The molecule has 3 rings (SSSR count). The van der Waals surface area contributed by atoms with E-state index in [0.717, 1.165) is 31.3 Å². The van der Waals surface area contributed by atoms with E-state index in [4.69, 9.17) is 4.84 Å². The molecule has 2 aliphatic rings. The van der Waals surface area contributed by atoms with E-state index in [-0.39, 0.29) is 0 Å². The van der Waals surface area contributed by atoms with Gasteiger partial charge in [0.05, 0.1) is 12.4 Å². The second kappa shape index (κ2) is 9.14. The van der Waals surface area contributed by atoms with Gasteiger partial charge in [-0.25, -0.2) is 5.43 Å². The Kier molecular flexibility index (Phi) is 6.62. The summed E-state index contributed by atoms with van der Waals surface area (Å²) >= 11 is 1.63. The first-order valence-corrected chi connectivity index (χ1v) is 9.60. The summed E-state index contributed by atoms with van der Waals surface area (Å²) in [6.45, 7) is 4.70. The number of aromatic nitrogens is 2. The molecule has 0 unspecified atom stereocenters. The SMILES string of the molecule is CNN1CSNC1=NCCCOn1cc(CN2CCCCC2)cn1. The molecule has 0 bridgehead atoms. The van der Waals surface area contributed by atoms with Crippen LogP contribution in [0.15, 0.2) is 17.4 Å². The van der Waals surface area contributed by atoms with Crippen LogP contribution in [0.2, 0.25) is 0 Å². The first-order chi connectivity index (χ1) is 11.8. The van der Waals surface area contributed by atoms with Gasteiger partial charge in [-0.15, -0.1) is 9.94 Å². The zero-order chi connectivity index (χ0) is 16.6. The zero-order valence-corrected chi connectivity index (χ0v) is 15.1. The number of piperidine rings is 1. The van der Waals surface area contributed by atoms with Crippen LogP contribution < -0.4 is 15.0 Å². The molecule has 1 aromatic rings. The van der Waals surface area contributed by atoms with Gasteiger partial charge in [-0.3, -0.25) is 19.6 Å². The highest BCUT2D eigenvalue weighted by molar-refractivity contribution is 7.98. The summed E-state index contributed by atoms with van der Waals surface area (Å²) in [6.07, 6.45) is 8.73. The van der Waals surface area contributed by atoms with Crippen molar-refractivity contribution in [1.82, 2.24) is 30.0 Å². The predicted octanol–water partition coefficient (Wildman–Crippen LogP) is 0.689. The molecule has 0 amide bonds. The van der Waals surface area contributed by atoms with Crippen molar-refractivity contribution in [2.75, 3.05) is 39.2 Å².